The van der Waals surface area contributed by atoms with Gasteiger partial charge in [-0.2, -0.15) is 0 Å². The van der Waals surface area contributed by atoms with Crippen LogP contribution in [0.1, 0.15) is 44.7 Å². The van der Waals surface area contributed by atoms with Crippen LogP contribution in [0.3, 0.4) is 0 Å². The van der Waals surface area contributed by atoms with E-state index in [0.29, 0.717) is 12.1 Å². The molecule has 2 nitrogen and oxygen atoms in total. The summed E-state index contributed by atoms with van der Waals surface area (Å²) in [5.74, 6) is -0.122. The Morgan fingerprint density at radius 2 is 2.17 bits per heavy atom. The van der Waals surface area contributed by atoms with Gasteiger partial charge in [-0.1, -0.05) is 18.2 Å². The van der Waals surface area contributed by atoms with Crippen molar-refractivity contribution in [2.24, 2.45) is 0 Å². The number of hydrogen-bond donors (Lipinski definition) is 2. The fourth-order valence-corrected chi connectivity index (χ4v) is 2.80. The molecule has 1 aromatic carbocycles. The maximum atomic E-state index is 13.6. The van der Waals surface area contributed by atoms with E-state index < -0.39 is 0 Å². The average molecular weight is 250 g/mol. The molecule has 0 spiro atoms. The molecule has 0 radical (unpaired) electrons. The molecule has 3 heteroatoms. The fraction of sp³-hybridized carbons (Fsp3) is 0.600. The molecule has 2 N–H and O–H groups in total. The van der Waals surface area contributed by atoms with Gasteiger partial charge in [-0.05, 0) is 45.7 Å². The highest BCUT2D eigenvalue weighted by atomic mass is 19.1. The van der Waals surface area contributed by atoms with E-state index in [1.807, 2.05) is 19.1 Å². The Hall–Kier alpha value is -0.930. The molecule has 0 saturated carbocycles. The van der Waals surface area contributed by atoms with Crippen LogP contribution in [0.25, 0.3) is 0 Å². The molecular weight excluding hydrogens is 227 g/mol. The second kappa shape index (κ2) is 6.30. The molecule has 0 aliphatic carbocycles. The van der Waals surface area contributed by atoms with Crippen molar-refractivity contribution in [1.29, 1.82) is 0 Å². The van der Waals surface area contributed by atoms with Crippen molar-refractivity contribution in [1.82, 2.24) is 10.6 Å². The van der Waals surface area contributed by atoms with E-state index in [9.17, 15) is 4.39 Å². The molecule has 1 aliphatic heterocycles. The van der Waals surface area contributed by atoms with Crippen LogP contribution in [0, 0.1) is 5.82 Å². The van der Waals surface area contributed by atoms with Crippen molar-refractivity contribution in [3.8, 4) is 0 Å². The molecule has 3 unspecified atom stereocenters. The molecular formula is C15H23FN2. The third-order valence-electron chi connectivity index (χ3n) is 3.71. The molecule has 2 rings (SSSR count). The molecule has 100 valence electrons. The third-order valence-corrected chi connectivity index (χ3v) is 3.71. The van der Waals surface area contributed by atoms with Gasteiger partial charge >= 0.3 is 0 Å². The van der Waals surface area contributed by atoms with Gasteiger partial charge < -0.3 is 10.6 Å². The molecule has 1 saturated heterocycles. The SMILES string of the molecule is CC(CC1CCCN1)NC(C)c1ccccc1F. The summed E-state index contributed by atoms with van der Waals surface area (Å²) in [5.41, 5.74) is 0.753. The Kier molecular flexibility index (Phi) is 4.72. The summed E-state index contributed by atoms with van der Waals surface area (Å²) < 4.78 is 13.6. The Bertz CT molecular complexity index is 375. The van der Waals surface area contributed by atoms with E-state index in [1.165, 1.54) is 18.9 Å². The minimum absolute atomic E-state index is 0.0580. The lowest BCUT2D eigenvalue weighted by Gasteiger charge is -2.23. The van der Waals surface area contributed by atoms with Crippen LogP contribution >= 0.6 is 0 Å². The Morgan fingerprint density at radius 1 is 1.39 bits per heavy atom. The van der Waals surface area contributed by atoms with Gasteiger partial charge in [0.2, 0.25) is 0 Å². The second-order valence-electron chi connectivity index (χ2n) is 5.34. The summed E-state index contributed by atoms with van der Waals surface area (Å²) >= 11 is 0. The van der Waals surface area contributed by atoms with Gasteiger partial charge in [0.1, 0.15) is 5.82 Å². The van der Waals surface area contributed by atoms with Crippen LogP contribution in [0.5, 0.6) is 0 Å². The van der Waals surface area contributed by atoms with Crippen molar-refractivity contribution < 1.29 is 4.39 Å². The van der Waals surface area contributed by atoms with E-state index >= 15 is 0 Å². The summed E-state index contributed by atoms with van der Waals surface area (Å²) in [5, 5.41) is 6.98. The largest absolute Gasteiger partial charge is 0.314 e. The first-order valence-electron chi connectivity index (χ1n) is 6.90. The van der Waals surface area contributed by atoms with Gasteiger partial charge in [0.25, 0.3) is 0 Å². The van der Waals surface area contributed by atoms with Crippen molar-refractivity contribution >= 4 is 0 Å². The standard InChI is InChI=1S/C15H23FN2/c1-11(10-13-6-5-9-17-13)18-12(2)14-7-3-4-8-15(14)16/h3-4,7-8,11-13,17-18H,5-6,9-10H2,1-2H3. The van der Waals surface area contributed by atoms with E-state index in [1.54, 1.807) is 6.07 Å². The van der Waals surface area contributed by atoms with Gasteiger partial charge in [-0.15, -0.1) is 0 Å². The van der Waals surface area contributed by atoms with Crippen molar-refractivity contribution in [3.63, 3.8) is 0 Å². The summed E-state index contributed by atoms with van der Waals surface area (Å²) in [7, 11) is 0. The molecule has 1 aromatic rings. The highest BCUT2D eigenvalue weighted by molar-refractivity contribution is 5.20. The number of nitrogens with one attached hydrogen (secondary N) is 2. The lowest BCUT2D eigenvalue weighted by Crippen LogP contribution is -2.35. The smallest absolute Gasteiger partial charge is 0.127 e. The average Bonchev–Trinajstić information content (AvgIpc) is 2.82. The summed E-state index contributed by atoms with van der Waals surface area (Å²) in [4.78, 5) is 0. The van der Waals surface area contributed by atoms with Crippen LogP contribution in [-0.4, -0.2) is 18.6 Å². The Morgan fingerprint density at radius 3 is 2.83 bits per heavy atom. The molecule has 3 atom stereocenters. The topological polar surface area (TPSA) is 24.1 Å². The predicted molar refractivity (Wildman–Crippen MR) is 73.1 cm³/mol. The lowest BCUT2D eigenvalue weighted by molar-refractivity contribution is 0.401. The van der Waals surface area contributed by atoms with Gasteiger partial charge in [0.15, 0.2) is 0 Å². The van der Waals surface area contributed by atoms with Crippen LogP contribution in [0.2, 0.25) is 0 Å². The molecule has 1 fully saturated rings. The Balaban J connectivity index is 1.86. The molecule has 0 bridgehead atoms. The molecule has 18 heavy (non-hydrogen) atoms. The van der Waals surface area contributed by atoms with E-state index in [2.05, 4.69) is 17.6 Å². The molecule has 0 aromatic heterocycles. The fourth-order valence-electron chi connectivity index (χ4n) is 2.80. The van der Waals surface area contributed by atoms with Crippen LogP contribution in [0.15, 0.2) is 24.3 Å². The van der Waals surface area contributed by atoms with Crippen LogP contribution < -0.4 is 10.6 Å². The van der Waals surface area contributed by atoms with Crippen LogP contribution in [-0.2, 0) is 0 Å². The number of benzene rings is 1. The molecule has 0 amide bonds. The van der Waals surface area contributed by atoms with Crippen molar-refractivity contribution in [2.45, 2.75) is 51.2 Å². The highest BCUT2D eigenvalue weighted by Crippen LogP contribution is 2.18. The van der Waals surface area contributed by atoms with Crippen LogP contribution in [0.4, 0.5) is 4.39 Å². The minimum atomic E-state index is -0.122. The monoisotopic (exact) mass is 250 g/mol. The van der Waals surface area contributed by atoms with Crippen molar-refractivity contribution in [3.05, 3.63) is 35.6 Å². The van der Waals surface area contributed by atoms with E-state index in [4.69, 9.17) is 0 Å². The number of halogens is 1. The quantitative estimate of drug-likeness (QED) is 0.839. The normalized spacial score (nSPS) is 22.9. The number of hydrogen-bond acceptors (Lipinski definition) is 2. The van der Waals surface area contributed by atoms with Gasteiger partial charge in [-0.25, -0.2) is 4.39 Å². The number of rotatable bonds is 5. The Labute approximate surface area is 109 Å². The second-order valence-corrected chi connectivity index (χ2v) is 5.34. The molecule has 1 heterocycles. The zero-order valence-electron chi connectivity index (χ0n) is 11.2. The lowest BCUT2D eigenvalue weighted by atomic mass is 10.0. The third kappa shape index (κ3) is 3.53. The maximum Gasteiger partial charge on any atom is 0.127 e. The summed E-state index contributed by atoms with van der Waals surface area (Å²) in [6, 6.07) is 8.08. The summed E-state index contributed by atoms with van der Waals surface area (Å²) in [6.45, 7) is 5.34. The van der Waals surface area contributed by atoms with Gasteiger partial charge in [0, 0.05) is 23.7 Å². The van der Waals surface area contributed by atoms with Gasteiger partial charge in [-0.3, -0.25) is 0 Å². The maximum absolute atomic E-state index is 13.6. The first-order valence-corrected chi connectivity index (χ1v) is 6.90. The minimum Gasteiger partial charge on any atom is -0.314 e. The predicted octanol–water partition coefficient (Wildman–Crippen LogP) is 3.01. The highest BCUT2D eigenvalue weighted by Gasteiger charge is 2.19. The first kappa shape index (κ1) is 13.5. The van der Waals surface area contributed by atoms with Gasteiger partial charge in [0.05, 0.1) is 0 Å². The first-order chi connectivity index (χ1) is 8.66. The van der Waals surface area contributed by atoms with E-state index in [0.717, 1.165) is 18.5 Å². The molecule has 1 aliphatic rings. The zero-order chi connectivity index (χ0) is 13.0. The summed E-state index contributed by atoms with van der Waals surface area (Å²) in [6.07, 6.45) is 3.65. The zero-order valence-corrected chi connectivity index (χ0v) is 11.2. The van der Waals surface area contributed by atoms with E-state index in [-0.39, 0.29) is 11.9 Å². The van der Waals surface area contributed by atoms with Crippen molar-refractivity contribution in [2.75, 3.05) is 6.54 Å².